The molecule has 0 atom stereocenters. The predicted octanol–water partition coefficient (Wildman–Crippen LogP) is 3.53. The van der Waals surface area contributed by atoms with Crippen LogP contribution in [0.1, 0.15) is 31.3 Å². The fourth-order valence-corrected chi connectivity index (χ4v) is 2.60. The van der Waals surface area contributed by atoms with Crippen molar-refractivity contribution in [2.75, 3.05) is 0 Å². The Kier molecular flexibility index (Phi) is 3.51. The van der Waals surface area contributed by atoms with Gasteiger partial charge in [-0.3, -0.25) is 0 Å². The van der Waals surface area contributed by atoms with E-state index in [2.05, 4.69) is 4.98 Å². The van der Waals surface area contributed by atoms with Gasteiger partial charge in [0.15, 0.2) is 5.69 Å². The maximum absolute atomic E-state index is 12.4. The summed E-state index contributed by atoms with van der Waals surface area (Å²) in [6, 6.07) is 7.76. The van der Waals surface area contributed by atoms with Crippen LogP contribution in [-0.2, 0) is 18.8 Å². The topological polar surface area (TPSA) is 49.1 Å². The zero-order valence-corrected chi connectivity index (χ0v) is 14.1. The van der Waals surface area contributed by atoms with Gasteiger partial charge in [-0.2, -0.15) is 0 Å². The third kappa shape index (κ3) is 2.86. The molecule has 0 aromatic carbocycles. The van der Waals surface area contributed by atoms with Crippen LogP contribution in [0.25, 0.3) is 22.3 Å². The molecule has 3 aromatic rings. The Morgan fingerprint density at radius 3 is 2.48 bits per heavy atom. The zero-order chi connectivity index (χ0) is 16.8. The molecule has 3 heterocycles. The molecule has 0 radical (unpaired) electrons. The predicted molar refractivity (Wildman–Crippen MR) is 90.3 cm³/mol. The first-order valence-electron chi connectivity index (χ1n) is 7.57. The van der Waals surface area contributed by atoms with E-state index in [0.29, 0.717) is 5.69 Å². The quantitative estimate of drug-likeness (QED) is 0.680. The second kappa shape index (κ2) is 5.26. The molecule has 0 aliphatic rings. The molecule has 120 valence electrons. The number of pyridine rings is 1. The molecule has 0 bridgehead atoms. The number of nitrogens with zero attached hydrogens (tertiary/aromatic N) is 3. The van der Waals surface area contributed by atoms with Crippen molar-refractivity contribution < 1.29 is 9.53 Å². The highest BCUT2D eigenvalue weighted by atomic mass is 16.6. The number of rotatable bonds is 2. The minimum Gasteiger partial charge on any atom is -0.455 e. The van der Waals surface area contributed by atoms with Gasteiger partial charge in [0, 0.05) is 31.9 Å². The van der Waals surface area contributed by atoms with Crippen molar-refractivity contribution in [1.82, 2.24) is 14.1 Å². The summed E-state index contributed by atoms with van der Waals surface area (Å²) in [6.45, 7) is 5.55. The highest BCUT2D eigenvalue weighted by Gasteiger charge is 2.22. The van der Waals surface area contributed by atoms with E-state index in [4.69, 9.17) is 4.74 Å². The summed E-state index contributed by atoms with van der Waals surface area (Å²) in [5, 5.41) is 1.02. The lowest BCUT2D eigenvalue weighted by atomic mass is 10.1. The van der Waals surface area contributed by atoms with Crippen molar-refractivity contribution in [2.24, 2.45) is 14.1 Å². The van der Waals surface area contributed by atoms with Crippen LogP contribution in [0.2, 0.25) is 0 Å². The van der Waals surface area contributed by atoms with Crippen LogP contribution in [0, 0.1) is 0 Å². The Morgan fingerprint density at radius 2 is 1.87 bits per heavy atom. The summed E-state index contributed by atoms with van der Waals surface area (Å²) < 4.78 is 9.45. The average Bonchev–Trinajstić information content (AvgIpc) is 3.03. The number of carbonyl (C=O) groups is 1. The van der Waals surface area contributed by atoms with E-state index < -0.39 is 11.6 Å². The van der Waals surface area contributed by atoms with E-state index in [1.54, 1.807) is 6.07 Å². The first kappa shape index (κ1) is 15.3. The molecule has 0 spiro atoms. The van der Waals surface area contributed by atoms with Gasteiger partial charge in [0.25, 0.3) is 0 Å². The Labute approximate surface area is 135 Å². The molecule has 0 aliphatic carbocycles. The third-order valence-electron chi connectivity index (χ3n) is 3.68. The van der Waals surface area contributed by atoms with Crippen LogP contribution in [-0.4, -0.2) is 25.7 Å². The lowest BCUT2D eigenvalue weighted by molar-refractivity contribution is 0.00632. The number of aryl methyl sites for hydroxylation is 2. The molecule has 23 heavy (non-hydrogen) atoms. The molecule has 0 N–H and O–H groups in total. The minimum absolute atomic E-state index is 0.324. The van der Waals surface area contributed by atoms with Crippen LogP contribution in [0.5, 0.6) is 0 Å². The van der Waals surface area contributed by atoms with Crippen molar-refractivity contribution in [3.63, 3.8) is 0 Å². The van der Waals surface area contributed by atoms with Gasteiger partial charge in [0.2, 0.25) is 0 Å². The molecule has 3 rings (SSSR count). The van der Waals surface area contributed by atoms with Gasteiger partial charge in [-0.25, -0.2) is 9.78 Å². The number of fused-ring (bicyclic) bond motifs is 1. The number of carbonyl (C=O) groups excluding carboxylic acids is 1. The van der Waals surface area contributed by atoms with E-state index in [9.17, 15) is 4.79 Å². The molecule has 0 unspecified atom stereocenters. The van der Waals surface area contributed by atoms with Gasteiger partial charge in [0.1, 0.15) is 5.60 Å². The van der Waals surface area contributed by atoms with Crippen LogP contribution in [0.3, 0.4) is 0 Å². The standard InChI is InChI=1S/C18H21N3O2/c1-18(2,3)23-17(22)13-11-15-12(8-10-21(15)5)16(19-13)14-7-6-9-20(14)4/h6-11H,1-5H3. The van der Waals surface area contributed by atoms with E-state index in [1.807, 2.05) is 74.6 Å². The maximum atomic E-state index is 12.4. The normalized spacial score (nSPS) is 11.9. The first-order chi connectivity index (χ1) is 10.8. The Morgan fingerprint density at radius 1 is 1.13 bits per heavy atom. The van der Waals surface area contributed by atoms with Crippen LogP contribution in [0.15, 0.2) is 36.7 Å². The summed E-state index contributed by atoms with van der Waals surface area (Å²) in [7, 11) is 3.92. The van der Waals surface area contributed by atoms with Gasteiger partial charge < -0.3 is 13.9 Å². The molecule has 0 saturated heterocycles. The summed E-state index contributed by atoms with van der Waals surface area (Å²) in [6.07, 6.45) is 3.93. The van der Waals surface area contributed by atoms with Crippen molar-refractivity contribution in [3.8, 4) is 11.4 Å². The SMILES string of the molecule is Cn1cccc1-c1nc(C(=O)OC(C)(C)C)cc2c1ccn2C. The fourth-order valence-electron chi connectivity index (χ4n) is 2.60. The molecule has 5 heteroatoms. The Hall–Kier alpha value is -2.56. The van der Waals surface area contributed by atoms with E-state index in [1.165, 1.54) is 0 Å². The van der Waals surface area contributed by atoms with Gasteiger partial charge in [-0.15, -0.1) is 0 Å². The van der Waals surface area contributed by atoms with E-state index >= 15 is 0 Å². The minimum atomic E-state index is -0.549. The molecule has 0 amide bonds. The smallest absolute Gasteiger partial charge is 0.357 e. The molecule has 0 aliphatic heterocycles. The second-order valence-corrected chi connectivity index (χ2v) is 6.72. The number of aromatic nitrogens is 3. The van der Waals surface area contributed by atoms with Crippen LogP contribution in [0.4, 0.5) is 0 Å². The average molecular weight is 311 g/mol. The lowest BCUT2D eigenvalue weighted by Crippen LogP contribution is -2.24. The fraction of sp³-hybridized carbons (Fsp3) is 0.333. The van der Waals surface area contributed by atoms with Gasteiger partial charge >= 0.3 is 5.97 Å². The van der Waals surface area contributed by atoms with Gasteiger partial charge in [-0.05, 0) is 45.0 Å². The highest BCUT2D eigenvalue weighted by Crippen LogP contribution is 2.29. The molecule has 0 fully saturated rings. The highest BCUT2D eigenvalue weighted by molar-refractivity contribution is 5.98. The summed E-state index contributed by atoms with van der Waals surface area (Å²) in [5.74, 6) is -0.406. The van der Waals surface area contributed by atoms with Crippen molar-refractivity contribution in [3.05, 3.63) is 42.4 Å². The number of hydrogen-bond acceptors (Lipinski definition) is 3. The Balaban J connectivity index is 2.20. The molecular weight excluding hydrogens is 290 g/mol. The lowest BCUT2D eigenvalue weighted by Gasteiger charge is -2.19. The van der Waals surface area contributed by atoms with E-state index in [-0.39, 0.29) is 0 Å². The van der Waals surface area contributed by atoms with Crippen molar-refractivity contribution in [2.45, 2.75) is 26.4 Å². The molecule has 0 saturated carbocycles. The molecule has 3 aromatic heterocycles. The first-order valence-corrected chi connectivity index (χ1v) is 7.57. The second-order valence-electron chi connectivity index (χ2n) is 6.72. The van der Waals surface area contributed by atoms with Crippen molar-refractivity contribution >= 4 is 16.9 Å². The number of hydrogen-bond donors (Lipinski definition) is 0. The Bertz CT molecular complexity index is 881. The van der Waals surface area contributed by atoms with Crippen LogP contribution < -0.4 is 0 Å². The monoisotopic (exact) mass is 311 g/mol. The van der Waals surface area contributed by atoms with Crippen LogP contribution >= 0.6 is 0 Å². The van der Waals surface area contributed by atoms with E-state index in [0.717, 1.165) is 22.3 Å². The van der Waals surface area contributed by atoms with Gasteiger partial charge in [-0.1, -0.05) is 0 Å². The largest absolute Gasteiger partial charge is 0.455 e. The third-order valence-corrected chi connectivity index (χ3v) is 3.68. The molecular formula is C18H21N3O2. The zero-order valence-electron chi connectivity index (χ0n) is 14.1. The summed E-state index contributed by atoms with van der Waals surface area (Å²) in [4.78, 5) is 17.0. The molecule has 5 nitrogen and oxygen atoms in total. The summed E-state index contributed by atoms with van der Waals surface area (Å²) in [5.41, 5.74) is 2.48. The summed E-state index contributed by atoms with van der Waals surface area (Å²) >= 11 is 0. The van der Waals surface area contributed by atoms with Crippen molar-refractivity contribution in [1.29, 1.82) is 0 Å². The van der Waals surface area contributed by atoms with Gasteiger partial charge in [0.05, 0.1) is 16.9 Å². The maximum Gasteiger partial charge on any atom is 0.357 e. The number of ether oxygens (including phenoxy) is 1. The number of esters is 1.